The maximum absolute atomic E-state index is 11.0. The number of carbonyl (C=O) groups is 1. The largest absolute Gasteiger partial charge is 0.502 e. The lowest BCUT2D eigenvalue weighted by Crippen LogP contribution is -2.10. The van der Waals surface area contributed by atoms with Gasteiger partial charge < -0.3 is 5.11 Å². The molecular formula is C14H12ClNO4. The van der Waals surface area contributed by atoms with Crippen molar-refractivity contribution >= 4 is 24.0 Å². The molecule has 20 heavy (non-hydrogen) atoms. The third-order valence-corrected chi connectivity index (χ3v) is 3.40. The Bertz CT molecular complexity index is 634. The molecule has 0 heterocycles. The molecule has 1 aromatic carbocycles. The van der Waals surface area contributed by atoms with E-state index >= 15 is 0 Å². The molecule has 0 saturated heterocycles. The lowest BCUT2D eigenvalue weighted by atomic mass is 9.94. The number of hydrogen-bond donors (Lipinski definition) is 1. The molecule has 2 rings (SSSR count). The third-order valence-electron chi connectivity index (χ3n) is 3.16. The first-order valence-electron chi connectivity index (χ1n) is 6.05. The van der Waals surface area contributed by atoms with Gasteiger partial charge in [-0.3, -0.25) is 14.9 Å². The molecule has 1 aliphatic carbocycles. The third kappa shape index (κ3) is 2.88. The van der Waals surface area contributed by atoms with E-state index in [9.17, 15) is 20.0 Å². The average molecular weight is 294 g/mol. The number of allylic oxidation sites excluding steroid dienone is 2. The van der Waals surface area contributed by atoms with E-state index in [1.807, 2.05) is 0 Å². The van der Waals surface area contributed by atoms with Crippen molar-refractivity contribution in [3.8, 4) is 0 Å². The highest BCUT2D eigenvalue weighted by molar-refractivity contribution is 6.30. The Hall–Kier alpha value is -2.14. The minimum absolute atomic E-state index is 0.177. The summed E-state index contributed by atoms with van der Waals surface area (Å²) < 4.78 is 0. The molecule has 0 radical (unpaired) electrons. The van der Waals surface area contributed by atoms with Gasteiger partial charge in [0.15, 0.2) is 12.0 Å². The van der Waals surface area contributed by atoms with E-state index in [2.05, 4.69) is 0 Å². The maximum atomic E-state index is 11.0. The van der Waals surface area contributed by atoms with Crippen LogP contribution in [0.25, 0.3) is 6.08 Å². The highest BCUT2D eigenvalue weighted by Crippen LogP contribution is 2.30. The number of aliphatic hydroxyl groups excluding tert-OH is 1. The van der Waals surface area contributed by atoms with E-state index in [4.69, 9.17) is 11.6 Å². The predicted molar refractivity (Wildman–Crippen MR) is 75.3 cm³/mol. The zero-order chi connectivity index (χ0) is 14.7. The van der Waals surface area contributed by atoms with Crippen LogP contribution in [0.5, 0.6) is 0 Å². The molecule has 5 nitrogen and oxygen atoms in total. The standard InChI is InChI=1S/C14H12ClNO4/c15-12-5-4-9(11(7-12)8-17)6-10-2-1-3-13(14(10)18)16(19)20/h4-8,18H,1-3H2/b10-6+. The summed E-state index contributed by atoms with van der Waals surface area (Å²) in [5.41, 5.74) is 1.25. The Morgan fingerprint density at radius 1 is 1.30 bits per heavy atom. The van der Waals surface area contributed by atoms with Crippen molar-refractivity contribution in [2.45, 2.75) is 19.3 Å². The molecule has 1 aromatic rings. The fourth-order valence-electron chi connectivity index (χ4n) is 2.15. The van der Waals surface area contributed by atoms with Crippen molar-refractivity contribution in [1.29, 1.82) is 0 Å². The van der Waals surface area contributed by atoms with Gasteiger partial charge in [-0.2, -0.15) is 0 Å². The lowest BCUT2D eigenvalue weighted by molar-refractivity contribution is -0.431. The minimum atomic E-state index is -0.565. The van der Waals surface area contributed by atoms with Crippen LogP contribution in [0.4, 0.5) is 0 Å². The van der Waals surface area contributed by atoms with E-state index in [1.165, 1.54) is 6.07 Å². The van der Waals surface area contributed by atoms with Gasteiger partial charge >= 0.3 is 0 Å². The number of hydrogen-bond acceptors (Lipinski definition) is 4. The first kappa shape index (κ1) is 14.3. The summed E-state index contributed by atoms with van der Waals surface area (Å²) in [6.07, 6.45) is 3.63. The van der Waals surface area contributed by atoms with Crippen molar-refractivity contribution in [3.63, 3.8) is 0 Å². The second-order valence-electron chi connectivity index (χ2n) is 4.47. The van der Waals surface area contributed by atoms with E-state index < -0.39 is 4.92 Å². The van der Waals surface area contributed by atoms with Crippen LogP contribution in [-0.2, 0) is 0 Å². The summed E-state index contributed by atoms with van der Waals surface area (Å²) in [6, 6.07) is 4.78. The number of aldehydes is 1. The average Bonchev–Trinajstić information content (AvgIpc) is 2.42. The second-order valence-corrected chi connectivity index (χ2v) is 4.90. The van der Waals surface area contributed by atoms with Crippen molar-refractivity contribution < 1.29 is 14.8 Å². The number of aliphatic hydroxyl groups is 1. The molecule has 1 aliphatic rings. The van der Waals surface area contributed by atoms with Gasteiger partial charge in [-0.05, 0) is 36.6 Å². The van der Waals surface area contributed by atoms with Gasteiger partial charge in [0.1, 0.15) is 0 Å². The highest BCUT2D eigenvalue weighted by Gasteiger charge is 2.25. The zero-order valence-electron chi connectivity index (χ0n) is 10.5. The molecule has 0 aliphatic heterocycles. The first-order chi connectivity index (χ1) is 9.52. The Balaban J connectivity index is 2.48. The van der Waals surface area contributed by atoms with Crippen LogP contribution in [0.1, 0.15) is 35.2 Å². The van der Waals surface area contributed by atoms with Gasteiger partial charge in [-0.25, -0.2) is 0 Å². The van der Waals surface area contributed by atoms with Crippen LogP contribution in [-0.4, -0.2) is 16.3 Å². The van der Waals surface area contributed by atoms with E-state index in [0.29, 0.717) is 40.9 Å². The monoisotopic (exact) mass is 293 g/mol. The SMILES string of the molecule is O=Cc1cc(Cl)ccc1/C=C1\CCCC([N+](=O)[O-])=C1O. The molecule has 0 saturated carbocycles. The summed E-state index contributed by atoms with van der Waals surface area (Å²) in [6.45, 7) is 0. The maximum Gasteiger partial charge on any atom is 0.287 e. The summed E-state index contributed by atoms with van der Waals surface area (Å²) in [4.78, 5) is 21.3. The van der Waals surface area contributed by atoms with Crippen LogP contribution in [0, 0.1) is 10.1 Å². The number of halogens is 1. The molecule has 0 amide bonds. The minimum Gasteiger partial charge on any atom is -0.502 e. The molecule has 0 unspecified atom stereocenters. The Morgan fingerprint density at radius 2 is 2.05 bits per heavy atom. The summed E-state index contributed by atoms with van der Waals surface area (Å²) >= 11 is 5.80. The van der Waals surface area contributed by atoms with E-state index in [1.54, 1.807) is 18.2 Å². The molecule has 0 fully saturated rings. The molecule has 0 spiro atoms. The number of nitrogens with zero attached hydrogens (tertiary/aromatic N) is 1. The van der Waals surface area contributed by atoms with E-state index in [-0.39, 0.29) is 17.9 Å². The van der Waals surface area contributed by atoms with Gasteiger partial charge in [0.25, 0.3) is 5.70 Å². The number of rotatable bonds is 3. The molecule has 6 heteroatoms. The van der Waals surface area contributed by atoms with Gasteiger partial charge in [-0.1, -0.05) is 17.7 Å². The lowest BCUT2D eigenvalue weighted by Gasteiger charge is -2.13. The zero-order valence-corrected chi connectivity index (χ0v) is 11.3. The molecule has 0 bridgehead atoms. The molecule has 1 N–H and O–H groups in total. The Labute approximate surface area is 120 Å². The van der Waals surface area contributed by atoms with Gasteiger partial charge in [0.2, 0.25) is 0 Å². The quantitative estimate of drug-likeness (QED) is 0.522. The van der Waals surface area contributed by atoms with Crippen molar-refractivity contribution in [1.82, 2.24) is 0 Å². The predicted octanol–water partition coefficient (Wildman–Crippen LogP) is 3.77. The smallest absolute Gasteiger partial charge is 0.287 e. The van der Waals surface area contributed by atoms with Crippen LogP contribution in [0.15, 0.2) is 35.2 Å². The normalized spacial score (nSPS) is 17.4. The number of carbonyl (C=O) groups excluding carboxylic acids is 1. The molecule has 104 valence electrons. The van der Waals surface area contributed by atoms with Crippen molar-refractivity contribution in [2.75, 3.05) is 0 Å². The molecule has 0 atom stereocenters. The fourth-order valence-corrected chi connectivity index (χ4v) is 2.33. The summed E-state index contributed by atoms with van der Waals surface area (Å²) in [5.74, 6) is -0.298. The van der Waals surface area contributed by atoms with Crippen molar-refractivity contribution in [3.05, 3.63) is 61.5 Å². The van der Waals surface area contributed by atoms with Crippen LogP contribution >= 0.6 is 11.6 Å². The number of nitro groups is 1. The topological polar surface area (TPSA) is 80.4 Å². The van der Waals surface area contributed by atoms with Gasteiger partial charge in [-0.15, -0.1) is 0 Å². The van der Waals surface area contributed by atoms with Crippen LogP contribution < -0.4 is 0 Å². The molecule has 0 aromatic heterocycles. The summed E-state index contributed by atoms with van der Waals surface area (Å²) in [5, 5.41) is 21.2. The van der Waals surface area contributed by atoms with E-state index in [0.717, 1.165) is 0 Å². The second kappa shape index (κ2) is 5.88. The van der Waals surface area contributed by atoms with Gasteiger partial charge in [0.05, 0.1) is 4.92 Å². The first-order valence-corrected chi connectivity index (χ1v) is 6.43. The number of benzene rings is 1. The van der Waals surface area contributed by atoms with Crippen molar-refractivity contribution in [2.24, 2.45) is 0 Å². The van der Waals surface area contributed by atoms with Crippen LogP contribution in [0.3, 0.4) is 0 Å². The molecular weight excluding hydrogens is 282 g/mol. The highest BCUT2D eigenvalue weighted by atomic mass is 35.5. The fraction of sp³-hybridized carbons (Fsp3) is 0.214. The van der Waals surface area contributed by atoms with Gasteiger partial charge in [0, 0.05) is 22.6 Å². The summed E-state index contributed by atoms with van der Waals surface area (Å²) in [7, 11) is 0. The Kier molecular flexibility index (Phi) is 4.20. The Morgan fingerprint density at radius 3 is 2.70 bits per heavy atom. The van der Waals surface area contributed by atoms with Crippen LogP contribution in [0.2, 0.25) is 5.02 Å².